The molecule has 1 amide bonds. The minimum atomic E-state index is -0.0269. The van der Waals surface area contributed by atoms with Gasteiger partial charge in [0.15, 0.2) is 0 Å². The van der Waals surface area contributed by atoms with Crippen molar-refractivity contribution in [2.75, 3.05) is 11.9 Å². The van der Waals surface area contributed by atoms with Crippen LogP contribution in [0.4, 0.5) is 5.69 Å². The number of hydrogen-bond acceptors (Lipinski definition) is 3. The minimum absolute atomic E-state index is 0.0269. The number of benzene rings is 1. The molecular weight excluding hydrogens is 252 g/mol. The summed E-state index contributed by atoms with van der Waals surface area (Å²) in [5, 5.41) is 6.02. The Labute approximate surface area is 121 Å². The van der Waals surface area contributed by atoms with E-state index in [1.54, 1.807) is 0 Å². The highest BCUT2D eigenvalue weighted by atomic mass is 16.5. The van der Waals surface area contributed by atoms with Gasteiger partial charge < -0.3 is 15.4 Å². The van der Waals surface area contributed by atoms with E-state index in [9.17, 15) is 4.79 Å². The summed E-state index contributed by atoms with van der Waals surface area (Å²) in [6, 6.07) is 7.83. The van der Waals surface area contributed by atoms with Crippen LogP contribution in [-0.2, 0) is 4.79 Å². The van der Waals surface area contributed by atoms with Gasteiger partial charge in [-0.05, 0) is 51.0 Å². The molecule has 4 nitrogen and oxygen atoms in total. The Morgan fingerprint density at radius 1 is 1.15 bits per heavy atom. The third-order valence-corrected chi connectivity index (χ3v) is 3.27. The van der Waals surface area contributed by atoms with E-state index in [2.05, 4.69) is 31.4 Å². The van der Waals surface area contributed by atoms with Crippen molar-refractivity contribution in [3.63, 3.8) is 0 Å². The molecule has 0 spiro atoms. The predicted molar refractivity (Wildman–Crippen MR) is 83.2 cm³/mol. The summed E-state index contributed by atoms with van der Waals surface area (Å²) in [5.74, 6) is 0.802. The zero-order valence-corrected chi connectivity index (χ0v) is 12.9. The molecule has 4 heteroatoms. The van der Waals surface area contributed by atoms with Crippen molar-refractivity contribution in [3.05, 3.63) is 24.3 Å². The number of anilines is 1. The Morgan fingerprint density at radius 2 is 1.80 bits per heavy atom. The Morgan fingerprint density at radius 3 is 2.35 bits per heavy atom. The molecule has 1 rings (SSSR count). The van der Waals surface area contributed by atoms with Crippen LogP contribution < -0.4 is 15.4 Å². The predicted octanol–water partition coefficient (Wildman–Crippen LogP) is 3.19. The normalized spacial score (nSPS) is 13.6. The third kappa shape index (κ3) is 6.06. The lowest BCUT2D eigenvalue weighted by molar-refractivity contribution is -0.115. The Bertz CT molecular complexity index is 403. The number of carbonyl (C=O) groups excluding carboxylic acids is 1. The van der Waals surface area contributed by atoms with Gasteiger partial charge in [0.2, 0.25) is 5.91 Å². The molecule has 0 aliphatic carbocycles. The van der Waals surface area contributed by atoms with Crippen LogP contribution in [0.5, 0.6) is 5.75 Å². The zero-order chi connectivity index (χ0) is 15.0. The van der Waals surface area contributed by atoms with Gasteiger partial charge in [0.05, 0.1) is 12.6 Å². The van der Waals surface area contributed by atoms with Crippen molar-refractivity contribution in [1.29, 1.82) is 0 Å². The van der Waals surface area contributed by atoms with Crippen LogP contribution in [0, 0.1) is 0 Å². The van der Waals surface area contributed by atoms with E-state index in [4.69, 9.17) is 4.74 Å². The van der Waals surface area contributed by atoms with E-state index in [1.165, 1.54) is 0 Å². The number of ether oxygens (including phenoxy) is 1. The van der Waals surface area contributed by atoms with Gasteiger partial charge in [-0.3, -0.25) is 4.79 Å². The van der Waals surface area contributed by atoms with Crippen molar-refractivity contribution in [2.45, 2.75) is 52.7 Å². The molecule has 1 aromatic rings. The lowest BCUT2D eigenvalue weighted by atomic mass is 10.2. The largest absolute Gasteiger partial charge is 0.491 e. The summed E-state index contributed by atoms with van der Waals surface area (Å²) in [5.41, 5.74) is 0.789. The molecule has 2 unspecified atom stereocenters. The van der Waals surface area contributed by atoms with Crippen molar-refractivity contribution in [2.24, 2.45) is 0 Å². The average Bonchev–Trinajstić information content (AvgIpc) is 2.46. The standard InChI is InChI=1S/C16H26N2O2/c1-5-12(3)17-11-16(19)18-14-7-9-15(10-8-14)20-13(4)6-2/h7-10,12-13,17H,5-6,11H2,1-4H3,(H,18,19). The van der Waals surface area contributed by atoms with Gasteiger partial charge in [0.25, 0.3) is 0 Å². The smallest absolute Gasteiger partial charge is 0.238 e. The molecule has 112 valence electrons. The first-order valence-electron chi connectivity index (χ1n) is 7.35. The van der Waals surface area contributed by atoms with Crippen molar-refractivity contribution in [1.82, 2.24) is 5.32 Å². The number of hydrogen-bond donors (Lipinski definition) is 2. The fraction of sp³-hybridized carbons (Fsp3) is 0.562. The topological polar surface area (TPSA) is 50.4 Å². The summed E-state index contributed by atoms with van der Waals surface area (Å²) in [6.45, 7) is 8.61. The molecule has 0 heterocycles. The number of carbonyl (C=O) groups is 1. The number of nitrogens with one attached hydrogen (secondary N) is 2. The van der Waals surface area contributed by atoms with E-state index in [0.717, 1.165) is 24.3 Å². The molecule has 0 radical (unpaired) electrons. The molecule has 0 aliphatic rings. The molecule has 0 saturated carbocycles. The summed E-state index contributed by atoms with van der Waals surface area (Å²) < 4.78 is 5.69. The van der Waals surface area contributed by atoms with Crippen LogP contribution in [0.1, 0.15) is 40.5 Å². The second-order valence-electron chi connectivity index (χ2n) is 5.10. The molecule has 0 aliphatic heterocycles. The van der Waals surface area contributed by atoms with E-state index in [-0.39, 0.29) is 12.0 Å². The molecule has 1 aromatic carbocycles. The number of amides is 1. The van der Waals surface area contributed by atoms with Crippen LogP contribution in [0.15, 0.2) is 24.3 Å². The number of rotatable bonds is 8. The van der Waals surface area contributed by atoms with Crippen LogP contribution in [-0.4, -0.2) is 24.6 Å². The van der Waals surface area contributed by atoms with Crippen LogP contribution in [0.2, 0.25) is 0 Å². The maximum atomic E-state index is 11.7. The van der Waals surface area contributed by atoms with Crippen molar-refractivity contribution >= 4 is 11.6 Å². The second kappa shape index (κ2) is 8.59. The second-order valence-corrected chi connectivity index (χ2v) is 5.10. The lowest BCUT2D eigenvalue weighted by Gasteiger charge is -2.13. The van der Waals surface area contributed by atoms with E-state index >= 15 is 0 Å². The van der Waals surface area contributed by atoms with E-state index < -0.39 is 0 Å². The fourth-order valence-corrected chi connectivity index (χ4v) is 1.55. The van der Waals surface area contributed by atoms with Gasteiger partial charge in [0, 0.05) is 11.7 Å². The molecule has 0 fully saturated rings. The lowest BCUT2D eigenvalue weighted by Crippen LogP contribution is -2.33. The van der Waals surface area contributed by atoms with Crippen molar-refractivity contribution in [3.8, 4) is 5.75 Å². The average molecular weight is 278 g/mol. The zero-order valence-electron chi connectivity index (χ0n) is 12.9. The Hall–Kier alpha value is -1.55. The van der Waals surface area contributed by atoms with Gasteiger partial charge in [-0.2, -0.15) is 0 Å². The van der Waals surface area contributed by atoms with Gasteiger partial charge in [-0.1, -0.05) is 13.8 Å². The van der Waals surface area contributed by atoms with Crippen LogP contribution in [0.25, 0.3) is 0 Å². The quantitative estimate of drug-likeness (QED) is 0.768. The molecule has 0 bridgehead atoms. The highest BCUT2D eigenvalue weighted by Gasteiger charge is 2.05. The summed E-state index contributed by atoms with van der Waals surface area (Å²) in [4.78, 5) is 11.7. The molecule has 0 aromatic heterocycles. The van der Waals surface area contributed by atoms with Gasteiger partial charge in [-0.15, -0.1) is 0 Å². The highest BCUT2D eigenvalue weighted by Crippen LogP contribution is 2.17. The highest BCUT2D eigenvalue weighted by molar-refractivity contribution is 5.92. The minimum Gasteiger partial charge on any atom is -0.491 e. The SMILES string of the molecule is CCC(C)NCC(=O)Nc1ccc(OC(C)CC)cc1. The maximum Gasteiger partial charge on any atom is 0.238 e. The maximum absolute atomic E-state index is 11.7. The van der Waals surface area contributed by atoms with E-state index in [0.29, 0.717) is 12.6 Å². The Kier molecular flexibility index (Phi) is 7.09. The molecule has 0 saturated heterocycles. The van der Waals surface area contributed by atoms with Gasteiger partial charge >= 0.3 is 0 Å². The van der Waals surface area contributed by atoms with Crippen LogP contribution >= 0.6 is 0 Å². The third-order valence-electron chi connectivity index (χ3n) is 3.27. The Balaban J connectivity index is 2.42. The van der Waals surface area contributed by atoms with Crippen LogP contribution in [0.3, 0.4) is 0 Å². The molecule has 20 heavy (non-hydrogen) atoms. The first-order chi connectivity index (χ1) is 9.55. The van der Waals surface area contributed by atoms with Gasteiger partial charge in [0.1, 0.15) is 5.75 Å². The molecule has 2 atom stereocenters. The molecule has 2 N–H and O–H groups in total. The first-order valence-corrected chi connectivity index (χ1v) is 7.35. The molecular formula is C16H26N2O2. The van der Waals surface area contributed by atoms with E-state index in [1.807, 2.05) is 31.2 Å². The summed E-state index contributed by atoms with van der Waals surface area (Å²) >= 11 is 0. The van der Waals surface area contributed by atoms with Crippen molar-refractivity contribution < 1.29 is 9.53 Å². The summed E-state index contributed by atoms with van der Waals surface area (Å²) in [6.07, 6.45) is 2.18. The monoisotopic (exact) mass is 278 g/mol. The summed E-state index contributed by atoms with van der Waals surface area (Å²) in [7, 11) is 0. The fourth-order valence-electron chi connectivity index (χ4n) is 1.55. The van der Waals surface area contributed by atoms with Gasteiger partial charge in [-0.25, -0.2) is 0 Å². The first kappa shape index (κ1) is 16.5.